The molecule has 0 aliphatic carbocycles. The summed E-state index contributed by atoms with van der Waals surface area (Å²) >= 11 is 0. The van der Waals surface area contributed by atoms with Gasteiger partial charge in [0.2, 0.25) is 5.91 Å². The van der Waals surface area contributed by atoms with Crippen LogP contribution in [0.1, 0.15) is 25.0 Å². The molecule has 112 valence electrons. The van der Waals surface area contributed by atoms with Crippen molar-refractivity contribution >= 4 is 5.91 Å². The minimum atomic E-state index is -1.01. The average molecular weight is 286 g/mol. The Morgan fingerprint density at radius 3 is 2.75 bits per heavy atom. The highest BCUT2D eigenvalue weighted by molar-refractivity contribution is 5.72. The van der Waals surface area contributed by atoms with Crippen LogP contribution < -0.4 is 5.32 Å². The minimum Gasteiger partial charge on any atom is -0.387 e. The molecular formula is C14H20F2N2O2. The van der Waals surface area contributed by atoms with Crippen LogP contribution in [0.15, 0.2) is 18.2 Å². The second-order valence-corrected chi connectivity index (χ2v) is 4.78. The summed E-state index contributed by atoms with van der Waals surface area (Å²) in [4.78, 5) is 12.5. The van der Waals surface area contributed by atoms with E-state index in [-0.39, 0.29) is 18.0 Å². The van der Waals surface area contributed by atoms with E-state index >= 15 is 0 Å². The van der Waals surface area contributed by atoms with Crippen molar-refractivity contribution in [2.75, 3.05) is 26.7 Å². The van der Waals surface area contributed by atoms with Crippen LogP contribution in [0.2, 0.25) is 0 Å². The summed E-state index contributed by atoms with van der Waals surface area (Å²) in [7, 11) is 1.79. The molecule has 4 nitrogen and oxygen atoms in total. The number of likely N-dealkylation sites (N-methyl/N-ethyl adjacent to an activating group) is 1. The normalized spacial score (nSPS) is 12.5. The minimum absolute atomic E-state index is 0.0823. The number of carbonyl (C=O) groups is 1. The summed E-state index contributed by atoms with van der Waals surface area (Å²) in [6.45, 7) is 2.90. The second-order valence-electron chi connectivity index (χ2n) is 4.78. The van der Waals surface area contributed by atoms with Gasteiger partial charge < -0.3 is 15.3 Å². The summed E-state index contributed by atoms with van der Waals surface area (Å²) in [5.74, 6) is -1.49. The van der Waals surface area contributed by atoms with Crippen molar-refractivity contribution in [1.29, 1.82) is 0 Å². The summed E-state index contributed by atoms with van der Waals surface area (Å²) in [6, 6.07) is 3.13. The van der Waals surface area contributed by atoms with E-state index in [0.717, 1.165) is 18.6 Å². The van der Waals surface area contributed by atoms with E-state index in [0.29, 0.717) is 13.1 Å². The number of nitrogens with one attached hydrogen (secondary N) is 1. The average Bonchev–Trinajstić information content (AvgIpc) is 2.34. The highest BCUT2D eigenvalue weighted by Crippen LogP contribution is 2.18. The molecular weight excluding hydrogens is 266 g/mol. The number of rotatable bonds is 7. The quantitative estimate of drug-likeness (QED) is 0.746. The van der Waals surface area contributed by atoms with Crippen molar-refractivity contribution in [3.63, 3.8) is 0 Å². The second kappa shape index (κ2) is 7.91. The maximum absolute atomic E-state index is 13.5. The molecule has 1 atom stereocenters. The van der Waals surface area contributed by atoms with Gasteiger partial charge in [0.1, 0.15) is 11.6 Å². The van der Waals surface area contributed by atoms with E-state index in [1.807, 2.05) is 4.90 Å². The molecule has 0 saturated heterocycles. The van der Waals surface area contributed by atoms with Crippen molar-refractivity contribution in [3.8, 4) is 0 Å². The standard InChI is InChI=1S/C14H20F2N2O2/c1-10(19)17-6-3-7-18(2)9-14(20)12-5-4-11(15)8-13(12)16/h4-5,8,14,20H,3,6-7,9H2,1-2H3,(H,17,19). The van der Waals surface area contributed by atoms with Crippen LogP contribution in [0.4, 0.5) is 8.78 Å². The first-order valence-electron chi connectivity index (χ1n) is 6.46. The summed E-state index contributed by atoms with van der Waals surface area (Å²) in [6.07, 6.45) is -0.282. The fraction of sp³-hybridized carbons (Fsp3) is 0.500. The number of benzene rings is 1. The largest absolute Gasteiger partial charge is 0.387 e. The van der Waals surface area contributed by atoms with Crippen molar-refractivity contribution in [1.82, 2.24) is 10.2 Å². The van der Waals surface area contributed by atoms with Crippen LogP contribution in [0.3, 0.4) is 0 Å². The third kappa shape index (κ3) is 5.63. The van der Waals surface area contributed by atoms with Gasteiger partial charge in [0.25, 0.3) is 0 Å². The van der Waals surface area contributed by atoms with Crippen molar-refractivity contribution < 1.29 is 18.7 Å². The molecule has 2 N–H and O–H groups in total. The summed E-state index contributed by atoms with van der Waals surface area (Å²) < 4.78 is 26.3. The molecule has 0 radical (unpaired) electrons. The van der Waals surface area contributed by atoms with Crippen molar-refractivity contribution in [2.24, 2.45) is 0 Å². The number of halogens is 2. The Labute approximate surface area is 117 Å². The highest BCUT2D eigenvalue weighted by Gasteiger charge is 2.15. The zero-order valence-electron chi connectivity index (χ0n) is 11.7. The zero-order chi connectivity index (χ0) is 15.1. The molecule has 1 aromatic carbocycles. The van der Waals surface area contributed by atoms with E-state index in [4.69, 9.17) is 0 Å². The lowest BCUT2D eigenvalue weighted by Gasteiger charge is -2.21. The molecule has 0 aliphatic heterocycles. The fourth-order valence-corrected chi connectivity index (χ4v) is 1.87. The van der Waals surface area contributed by atoms with Gasteiger partial charge in [-0.25, -0.2) is 8.78 Å². The van der Waals surface area contributed by atoms with Crippen LogP contribution in [-0.2, 0) is 4.79 Å². The maximum Gasteiger partial charge on any atom is 0.216 e. The summed E-state index contributed by atoms with van der Waals surface area (Å²) in [5.41, 5.74) is 0.0834. The Bertz CT molecular complexity index is 455. The van der Waals surface area contributed by atoms with Gasteiger partial charge in [-0.15, -0.1) is 0 Å². The molecule has 0 aliphatic rings. The number of carbonyl (C=O) groups excluding carboxylic acids is 1. The molecule has 0 saturated carbocycles. The zero-order valence-corrected chi connectivity index (χ0v) is 11.7. The van der Waals surface area contributed by atoms with Gasteiger partial charge >= 0.3 is 0 Å². The third-order valence-electron chi connectivity index (χ3n) is 2.90. The highest BCUT2D eigenvalue weighted by atomic mass is 19.1. The predicted molar refractivity (Wildman–Crippen MR) is 72.1 cm³/mol. The molecule has 20 heavy (non-hydrogen) atoms. The first kappa shape index (κ1) is 16.5. The lowest BCUT2D eigenvalue weighted by molar-refractivity contribution is -0.118. The van der Waals surface area contributed by atoms with Crippen LogP contribution in [0, 0.1) is 11.6 Å². The van der Waals surface area contributed by atoms with Gasteiger partial charge in [-0.1, -0.05) is 6.07 Å². The number of aliphatic hydroxyl groups excluding tert-OH is 1. The van der Waals surface area contributed by atoms with Crippen molar-refractivity contribution in [3.05, 3.63) is 35.4 Å². The van der Waals surface area contributed by atoms with E-state index in [1.165, 1.54) is 13.0 Å². The van der Waals surface area contributed by atoms with Crippen LogP contribution in [-0.4, -0.2) is 42.6 Å². The van der Waals surface area contributed by atoms with Gasteiger partial charge in [0.05, 0.1) is 6.10 Å². The van der Waals surface area contributed by atoms with Gasteiger partial charge in [-0.2, -0.15) is 0 Å². The van der Waals surface area contributed by atoms with E-state index in [1.54, 1.807) is 7.05 Å². The fourth-order valence-electron chi connectivity index (χ4n) is 1.87. The van der Waals surface area contributed by atoms with Gasteiger partial charge in [-0.3, -0.25) is 4.79 Å². The van der Waals surface area contributed by atoms with Crippen LogP contribution in [0.5, 0.6) is 0 Å². The van der Waals surface area contributed by atoms with Gasteiger partial charge in [-0.05, 0) is 26.1 Å². The Morgan fingerprint density at radius 1 is 1.45 bits per heavy atom. The number of hydrogen-bond donors (Lipinski definition) is 2. The molecule has 1 amide bonds. The Kier molecular flexibility index (Phi) is 6.54. The molecule has 0 aromatic heterocycles. The monoisotopic (exact) mass is 286 g/mol. The SMILES string of the molecule is CC(=O)NCCCN(C)CC(O)c1ccc(F)cc1F. The molecule has 0 fully saturated rings. The number of aliphatic hydroxyl groups is 1. The van der Waals surface area contributed by atoms with E-state index in [9.17, 15) is 18.7 Å². The van der Waals surface area contributed by atoms with E-state index in [2.05, 4.69) is 5.32 Å². The number of nitrogens with zero attached hydrogens (tertiary/aromatic N) is 1. The summed E-state index contributed by atoms with van der Waals surface area (Å²) in [5, 5.41) is 12.6. The molecule has 1 unspecified atom stereocenters. The Balaban J connectivity index is 2.40. The first-order valence-corrected chi connectivity index (χ1v) is 6.46. The molecule has 0 heterocycles. The molecule has 1 aromatic rings. The van der Waals surface area contributed by atoms with E-state index < -0.39 is 17.7 Å². The lowest BCUT2D eigenvalue weighted by Crippen LogP contribution is -2.29. The molecule has 0 bridgehead atoms. The maximum atomic E-state index is 13.5. The van der Waals surface area contributed by atoms with Gasteiger partial charge in [0.15, 0.2) is 0 Å². The molecule has 1 rings (SSSR count). The van der Waals surface area contributed by atoms with Crippen LogP contribution >= 0.6 is 0 Å². The first-order chi connectivity index (χ1) is 9.40. The van der Waals surface area contributed by atoms with Crippen LogP contribution in [0.25, 0.3) is 0 Å². The number of amides is 1. The smallest absolute Gasteiger partial charge is 0.216 e. The Hall–Kier alpha value is -1.53. The Morgan fingerprint density at radius 2 is 2.15 bits per heavy atom. The number of hydrogen-bond acceptors (Lipinski definition) is 3. The van der Waals surface area contributed by atoms with Crippen molar-refractivity contribution in [2.45, 2.75) is 19.4 Å². The third-order valence-corrected chi connectivity index (χ3v) is 2.90. The lowest BCUT2D eigenvalue weighted by atomic mass is 10.1. The topological polar surface area (TPSA) is 52.6 Å². The van der Waals surface area contributed by atoms with Gasteiger partial charge in [0, 0.05) is 31.6 Å². The molecule has 6 heteroatoms. The molecule has 0 spiro atoms. The predicted octanol–water partition coefficient (Wildman–Crippen LogP) is 1.46.